The highest BCUT2D eigenvalue weighted by molar-refractivity contribution is 6.07. The summed E-state index contributed by atoms with van der Waals surface area (Å²) in [6, 6.07) is 10.1. The molecule has 0 spiro atoms. The van der Waals surface area contributed by atoms with E-state index in [1.165, 1.54) is 18.5 Å². The van der Waals surface area contributed by atoms with Gasteiger partial charge in [0.1, 0.15) is 24.6 Å². The number of rotatable bonds is 4. The summed E-state index contributed by atoms with van der Waals surface area (Å²) in [7, 11) is 2.08. The number of hydrogen-bond acceptors (Lipinski definition) is 6. The Bertz CT molecular complexity index is 1180. The van der Waals surface area contributed by atoms with Gasteiger partial charge in [-0.2, -0.15) is 0 Å². The predicted octanol–water partition coefficient (Wildman–Crippen LogP) is 3.89. The minimum absolute atomic E-state index is 0.0703. The molecule has 1 aromatic heterocycles. The highest BCUT2D eigenvalue weighted by Crippen LogP contribution is 2.41. The van der Waals surface area contributed by atoms with Crippen LogP contribution in [0, 0.1) is 5.82 Å². The molecule has 5 rings (SSSR count). The first-order valence-corrected chi connectivity index (χ1v) is 10.7. The van der Waals surface area contributed by atoms with Gasteiger partial charge in [-0.15, -0.1) is 0 Å². The van der Waals surface area contributed by atoms with Crippen LogP contribution in [-0.4, -0.2) is 53.6 Å². The van der Waals surface area contributed by atoms with Gasteiger partial charge in [-0.3, -0.25) is 9.69 Å². The van der Waals surface area contributed by atoms with Crippen LogP contribution in [0.4, 0.5) is 21.6 Å². The van der Waals surface area contributed by atoms with E-state index < -0.39 is 0 Å². The van der Waals surface area contributed by atoms with E-state index in [-0.39, 0.29) is 11.7 Å². The number of aromatic nitrogens is 2. The van der Waals surface area contributed by atoms with Crippen LogP contribution in [0.1, 0.15) is 12.8 Å². The Kier molecular flexibility index (Phi) is 5.45. The largest absolute Gasteiger partial charge is 0.489 e. The van der Waals surface area contributed by atoms with E-state index in [1.807, 2.05) is 18.2 Å². The highest BCUT2D eigenvalue weighted by Gasteiger charge is 2.27. The van der Waals surface area contributed by atoms with Crippen molar-refractivity contribution in [2.45, 2.75) is 18.9 Å². The van der Waals surface area contributed by atoms with Crippen LogP contribution in [0.2, 0.25) is 0 Å². The number of nitrogens with zero attached hydrogens (tertiary/aromatic N) is 4. The molecule has 0 bridgehead atoms. The number of anilines is 3. The molecular weight excluding hydrogens is 409 g/mol. The van der Waals surface area contributed by atoms with Gasteiger partial charge >= 0.3 is 0 Å². The molecule has 164 valence electrons. The van der Waals surface area contributed by atoms with Gasteiger partial charge in [-0.05, 0) is 62.8 Å². The number of carbonyl (C=O) groups excluding carboxylic acids is 1. The normalized spacial score (nSPS) is 18.7. The van der Waals surface area contributed by atoms with Gasteiger partial charge in [-0.1, -0.05) is 6.08 Å². The van der Waals surface area contributed by atoms with Crippen LogP contribution >= 0.6 is 0 Å². The van der Waals surface area contributed by atoms with Crippen molar-refractivity contribution >= 4 is 34.0 Å². The molecule has 1 amide bonds. The zero-order valence-electron chi connectivity index (χ0n) is 17.8. The summed E-state index contributed by atoms with van der Waals surface area (Å²) < 4.78 is 19.3. The van der Waals surface area contributed by atoms with Crippen molar-refractivity contribution in [2.24, 2.45) is 0 Å². The zero-order chi connectivity index (χ0) is 22.1. The van der Waals surface area contributed by atoms with Gasteiger partial charge in [-0.25, -0.2) is 14.4 Å². The third-order valence-corrected chi connectivity index (χ3v) is 6.00. The van der Waals surface area contributed by atoms with E-state index in [9.17, 15) is 9.18 Å². The van der Waals surface area contributed by atoms with Gasteiger partial charge in [0.05, 0.1) is 23.1 Å². The Labute approximate surface area is 185 Å². The first-order chi connectivity index (χ1) is 15.6. The van der Waals surface area contributed by atoms with E-state index >= 15 is 0 Å². The maximum atomic E-state index is 13.3. The van der Waals surface area contributed by atoms with E-state index in [2.05, 4.69) is 27.2 Å². The maximum absolute atomic E-state index is 13.3. The number of benzene rings is 2. The fraction of sp³-hybridized carbons (Fsp3) is 0.292. The number of halogens is 1. The second kappa shape index (κ2) is 8.55. The summed E-state index contributed by atoms with van der Waals surface area (Å²) >= 11 is 0. The van der Waals surface area contributed by atoms with Crippen LogP contribution in [0.15, 0.2) is 54.9 Å². The van der Waals surface area contributed by atoms with Crippen LogP contribution in [-0.2, 0) is 4.79 Å². The Balaban J connectivity index is 1.49. The number of amides is 1. The summed E-state index contributed by atoms with van der Waals surface area (Å²) in [5.74, 6) is 0.725. The minimum Gasteiger partial charge on any atom is -0.489 e. The second-order valence-electron chi connectivity index (χ2n) is 8.05. The number of hydrogen-bond donors (Lipinski definition) is 1. The van der Waals surface area contributed by atoms with Crippen molar-refractivity contribution in [1.29, 1.82) is 0 Å². The molecule has 8 heteroatoms. The van der Waals surface area contributed by atoms with Crippen LogP contribution in [0.25, 0.3) is 10.9 Å². The van der Waals surface area contributed by atoms with Crippen LogP contribution < -0.4 is 15.0 Å². The highest BCUT2D eigenvalue weighted by atomic mass is 19.1. The molecule has 1 N–H and O–H groups in total. The number of likely N-dealkylation sites (N-methyl/N-ethyl adjacent to an activating group) is 1. The van der Waals surface area contributed by atoms with E-state index in [1.54, 1.807) is 23.1 Å². The van der Waals surface area contributed by atoms with Gasteiger partial charge < -0.3 is 15.0 Å². The Morgan fingerprint density at radius 2 is 2.03 bits per heavy atom. The molecular formula is C24H24FN5O2. The van der Waals surface area contributed by atoms with Crippen molar-refractivity contribution in [3.05, 3.63) is 60.7 Å². The SMILES string of the molecule is CN1CCC[C@H]1/C=C/C(=O)N1CCOc2c1ccc1ncnc(Nc3ccc(F)cc3)c21. The standard InChI is InChI=1S/C24H24FN5O2/c1-29-12-2-3-18(29)8-11-21(31)30-13-14-32-23-20(30)10-9-19-22(23)24(27-15-26-19)28-17-6-4-16(25)5-7-17/h4-11,15,18H,2-3,12-14H2,1H3,(H,26,27,28)/b11-8+/t18-/m0/s1. The molecule has 1 atom stereocenters. The number of likely N-dealkylation sites (tertiary alicyclic amines) is 1. The first-order valence-electron chi connectivity index (χ1n) is 10.7. The lowest BCUT2D eigenvalue weighted by molar-refractivity contribution is -0.114. The first kappa shape index (κ1) is 20.4. The molecule has 3 aromatic rings. The maximum Gasteiger partial charge on any atom is 0.250 e. The number of carbonyl (C=O) groups is 1. The Morgan fingerprint density at radius 3 is 2.81 bits per heavy atom. The fourth-order valence-electron chi connectivity index (χ4n) is 4.29. The summed E-state index contributed by atoms with van der Waals surface area (Å²) in [6.07, 6.45) is 7.35. The van der Waals surface area contributed by atoms with E-state index in [4.69, 9.17) is 4.74 Å². The molecule has 1 saturated heterocycles. The van der Waals surface area contributed by atoms with E-state index in [0.29, 0.717) is 53.0 Å². The van der Waals surface area contributed by atoms with Crippen molar-refractivity contribution in [1.82, 2.24) is 14.9 Å². The molecule has 2 aliphatic heterocycles. The summed E-state index contributed by atoms with van der Waals surface area (Å²) in [5, 5.41) is 3.90. The molecule has 0 aliphatic carbocycles. The van der Waals surface area contributed by atoms with Crippen molar-refractivity contribution in [3.8, 4) is 5.75 Å². The monoisotopic (exact) mass is 433 g/mol. The molecule has 1 fully saturated rings. The van der Waals surface area contributed by atoms with Crippen LogP contribution in [0.5, 0.6) is 5.75 Å². The lowest BCUT2D eigenvalue weighted by Gasteiger charge is -2.30. The molecule has 2 aliphatic rings. The summed E-state index contributed by atoms with van der Waals surface area (Å²) in [5.41, 5.74) is 2.08. The smallest absolute Gasteiger partial charge is 0.250 e. The third-order valence-electron chi connectivity index (χ3n) is 6.00. The zero-order valence-corrected chi connectivity index (χ0v) is 17.8. The van der Waals surface area contributed by atoms with Crippen molar-refractivity contribution in [2.75, 3.05) is 37.0 Å². The Hall–Kier alpha value is -3.52. The Morgan fingerprint density at radius 1 is 1.19 bits per heavy atom. The van der Waals surface area contributed by atoms with Gasteiger partial charge in [0.2, 0.25) is 0 Å². The molecule has 32 heavy (non-hydrogen) atoms. The molecule has 0 radical (unpaired) electrons. The second-order valence-corrected chi connectivity index (χ2v) is 8.05. The van der Waals surface area contributed by atoms with Gasteiger partial charge in [0.25, 0.3) is 5.91 Å². The number of ether oxygens (including phenoxy) is 1. The molecule has 0 saturated carbocycles. The number of fused-ring (bicyclic) bond motifs is 3. The quantitative estimate of drug-likeness (QED) is 0.630. The lowest BCUT2D eigenvalue weighted by atomic mass is 10.1. The van der Waals surface area contributed by atoms with Gasteiger partial charge in [0.15, 0.2) is 5.75 Å². The van der Waals surface area contributed by atoms with Crippen molar-refractivity contribution in [3.63, 3.8) is 0 Å². The predicted molar refractivity (Wildman–Crippen MR) is 122 cm³/mol. The summed E-state index contributed by atoms with van der Waals surface area (Å²) in [6.45, 7) is 1.90. The minimum atomic E-state index is -0.310. The van der Waals surface area contributed by atoms with Gasteiger partial charge in [0, 0.05) is 17.8 Å². The molecule has 3 heterocycles. The molecule has 0 unspecified atom stereocenters. The fourth-order valence-corrected chi connectivity index (χ4v) is 4.29. The van der Waals surface area contributed by atoms with E-state index in [0.717, 1.165) is 19.4 Å². The summed E-state index contributed by atoms with van der Waals surface area (Å²) in [4.78, 5) is 25.8. The topological polar surface area (TPSA) is 70.6 Å². The lowest BCUT2D eigenvalue weighted by Crippen LogP contribution is -2.37. The third kappa shape index (κ3) is 3.89. The molecule has 7 nitrogen and oxygen atoms in total. The van der Waals surface area contributed by atoms with Crippen LogP contribution in [0.3, 0.4) is 0 Å². The molecule has 2 aromatic carbocycles. The van der Waals surface area contributed by atoms with Crippen molar-refractivity contribution < 1.29 is 13.9 Å². The average molecular weight is 433 g/mol. The number of nitrogens with one attached hydrogen (secondary N) is 1. The average Bonchev–Trinajstić information content (AvgIpc) is 3.23.